The number of carbonyl (C=O) groups is 3. The Kier molecular flexibility index (Phi) is 7.87. The summed E-state index contributed by atoms with van der Waals surface area (Å²) in [6.07, 6.45) is -0.218. The molecule has 1 saturated heterocycles. The number of likely N-dealkylation sites (tertiary alicyclic amines) is 1. The summed E-state index contributed by atoms with van der Waals surface area (Å²) >= 11 is 0. The van der Waals surface area contributed by atoms with Gasteiger partial charge in [0.25, 0.3) is 0 Å². The van der Waals surface area contributed by atoms with Crippen LogP contribution in [0.2, 0.25) is 0 Å². The van der Waals surface area contributed by atoms with Crippen molar-refractivity contribution in [1.29, 1.82) is 0 Å². The Morgan fingerprint density at radius 1 is 1.14 bits per heavy atom. The summed E-state index contributed by atoms with van der Waals surface area (Å²) < 4.78 is 15.9. The van der Waals surface area contributed by atoms with E-state index < -0.39 is 35.8 Å². The molecule has 1 aliphatic rings. The minimum atomic E-state index is -0.958. The quantitative estimate of drug-likeness (QED) is 0.576. The van der Waals surface area contributed by atoms with E-state index in [1.165, 1.54) is 4.90 Å². The molecule has 8 heteroatoms. The van der Waals surface area contributed by atoms with Crippen molar-refractivity contribution < 1.29 is 28.6 Å². The van der Waals surface area contributed by atoms with Crippen molar-refractivity contribution in [3.63, 3.8) is 0 Å². The standard InChI is InChI=1S/C21H30N2O6/c1-5-13-27-18(24)17-16(11-12-23(17)20(26)29-21(2,3)4)22-19(25)28-14-15-9-7-6-8-10-15/h6-10,16-17H,5,11-14H2,1-4H3,(H,22,25). The number of esters is 1. The second-order valence-corrected chi connectivity index (χ2v) is 7.89. The molecule has 2 atom stereocenters. The van der Waals surface area contributed by atoms with Gasteiger partial charge in [0.1, 0.15) is 12.2 Å². The van der Waals surface area contributed by atoms with Crippen LogP contribution in [0.25, 0.3) is 0 Å². The Bertz CT molecular complexity index is 701. The first-order chi connectivity index (χ1) is 13.7. The van der Waals surface area contributed by atoms with Crippen LogP contribution in [0, 0.1) is 0 Å². The Morgan fingerprint density at radius 3 is 2.45 bits per heavy atom. The van der Waals surface area contributed by atoms with Crippen LogP contribution in [0.1, 0.15) is 46.1 Å². The van der Waals surface area contributed by atoms with Gasteiger partial charge in [-0.3, -0.25) is 4.90 Å². The minimum Gasteiger partial charge on any atom is -0.464 e. The van der Waals surface area contributed by atoms with E-state index in [2.05, 4.69) is 5.32 Å². The number of rotatable bonds is 6. The van der Waals surface area contributed by atoms with Gasteiger partial charge in [-0.05, 0) is 39.2 Å². The van der Waals surface area contributed by atoms with Crippen LogP contribution in [0.4, 0.5) is 9.59 Å². The SMILES string of the molecule is CCCOC(=O)C1C(NC(=O)OCc2ccccc2)CCN1C(=O)OC(C)(C)C. The highest BCUT2D eigenvalue weighted by atomic mass is 16.6. The highest BCUT2D eigenvalue weighted by molar-refractivity contribution is 5.84. The largest absolute Gasteiger partial charge is 0.464 e. The number of nitrogens with zero attached hydrogens (tertiary/aromatic N) is 1. The van der Waals surface area contributed by atoms with Crippen LogP contribution < -0.4 is 5.32 Å². The van der Waals surface area contributed by atoms with Gasteiger partial charge in [0.15, 0.2) is 6.04 Å². The summed E-state index contributed by atoms with van der Waals surface area (Å²) in [5.74, 6) is -0.566. The van der Waals surface area contributed by atoms with Crippen molar-refractivity contribution in [2.45, 2.75) is 64.8 Å². The first-order valence-corrected chi connectivity index (χ1v) is 9.84. The van der Waals surface area contributed by atoms with Gasteiger partial charge in [0.05, 0.1) is 12.6 Å². The first kappa shape index (κ1) is 22.5. The molecule has 1 N–H and O–H groups in total. The fourth-order valence-electron chi connectivity index (χ4n) is 2.96. The predicted octanol–water partition coefficient (Wildman–Crippen LogP) is 3.24. The molecule has 0 saturated carbocycles. The Labute approximate surface area is 171 Å². The number of carbonyl (C=O) groups excluding carboxylic acids is 3. The molecule has 0 spiro atoms. The molecule has 160 valence electrons. The lowest BCUT2D eigenvalue weighted by Gasteiger charge is -2.29. The monoisotopic (exact) mass is 406 g/mol. The van der Waals surface area contributed by atoms with Crippen molar-refractivity contribution in [1.82, 2.24) is 10.2 Å². The van der Waals surface area contributed by atoms with Gasteiger partial charge in [-0.25, -0.2) is 14.4 Å². The summed E-state index contributed by atoms with van der Waals surface area (Å²) in [6.45, 7) is 7.75. The van der Waals surface area contributed by atoms with E-state index >= 15 is 0 Å². The van der Waals surface area contributed by atoms with Crippen molar-refractivity contribution >= 4 is 18.2 Å². The third kappa shape index (κ3) is 6.96. The van der Waals surface area contributed by atoms with E-state index in [4.69, 9.17) is 14.2 Å². The maximum atomic E-state index is 12.6. The van der Waals surface area contributed by atoms with E-state index in [0.717, 1.165) is 5.56 Å². The average Bonchev–Trinajstić information content (AvgIpc) is 3.07. The van der Waals surface area contributed by atoms with Crippen LogP contribution in [0.3, 0.4) is 0 Å². The molecule has 2 unspecified atom stereocenters. The zero-order chi connectivity index (χ0) is 21.4. The Balaban J connectivity index is 2.03. The molecular formula is C21H30N2O6. The second-order valence-electron chi connectivity index (χ2n) is 7.89. The van der Waals surface area contributed by atoms with Gasteiger partial charge in [-0.1, -0.05) is 37.3 Å². The number of amides is 2. The lowest BCUT2D eigenvalue weighted by Crippen LogP contribution is -2.52. The smallest absolute Gasteiger partial charge is 0.411 e. The molecule has 8 nitrogen and oxygen atoms in total. The van der Waals surface area contributed by atoms with Crippen molar-refractivity contribution in [2.24, 2.45) is 0 Å². The second kappa shape index (κ2) is 10.1. The third-order valence-corrected chi connectivity index (χ3v) is 4.23. The molecule has 0 bridgehead atoms. The zero-order valence-electron chi connectivity index (χ0n) is 17.5. The highest BCUT2D eigenvalue weighted by Gasteiger charge is 2.45. The molecular weight excluding hydrogens is 376 g/mol. The number of hydrogen-bond acceptors (Lipinski definition) is 6. The Hall–Kier alpha value is -2.77. The molecule has 1 heterocycles. The van der Waals surface area contributed by atoms with Crippen LogP contribution in [-0.4, -0.2) is 53.9 Å². The number of benzene rings is 1. The molecule has 29 heavy (non-hydrogen) atoms. The van der Waals surface area contributed by atoms with Crippen molar-refractivity contribution in [3.05, 3.63) is 35.9 Å². The van der Waals surface area contributed by atoms with Gasteiger partial charge in [0.2, 0.25) is 0 Å². The van der Waals surface area contributed by atoms with E-state index in [0.29, 0.717) is 12.8 Å². The van der Waals surface area contributed by atoms with Crippen LogP contribution >= 0.6 is 0 Å². The molecule has 1 aromatic rings. The highest BCUT2D eigenvalue weighted by Crippen LogP contribution is 2.23. The van der Waals surface area contributed by atoms with Crippen LogP contribution in [0.15, 0.2) is 30.3 Å². The van der Waals surface area contributed by atoms with E-state index in [1.54, 1.807) is 20.8 Å². The number of alkyl carbamates (subject to hydrolysis) is 1. The summed E-state index contributed by atoms with van der Waals surface area (Å²) in [4.78, 5) is 38.7. The van der Waals surface area contributed by atoms with Gasteiger partial charge in [0, 0.05) is 6.54 Å². The molecule has 2 rings (SSSR count). The van der Waals surface area contributed by atoms with Crippen molar-refractivity contribution in [2.75, 3.05) is 13.2 Å². The summed E-state index contributed by atoms with van der Waals surface area (Å²) in [5, 5.41) is 2.69. The molecule has 2 amide bonds. The normalized spacial score (nSPS) is 18.8. The predicted molar refractivity (Wildman–Crippen MR) is 106 cm³/mol. The zero-order valence-corrected chi connectivity index (χ0v) is 17.5. The number of hydrogen-bond donors (Lipinski definition) is 1. The fraction of sp³-hybridized carbons (Fsp3) is 0.571. The van der Waals surface area contributed by atoms with Gasteiger partial charge >= 0.3 is 18.2 Å². The third-order valence-electron chi connectivity index (χ3n) is 4.23. The number of nitrogens with one attached hydrogen (secondary N) is 1. The summed E-state index contributed by atoms with van der Waals surface area (Å²) in [5.41, 5.74) is 0.151. The molecule has 0 aliphatic carbocycles. The molecule has 0 radical (unpaired) electrons. The van der Waals surface area contributed by atoms with Gasteiger partial charge < -0.3 is 19.5 Å². The van der Waals surface area contributed by atoms with Gasteiger partial charge in [-0.2, -0.15) is 0 Å². The van der Waals surface area contributed by atoms with Crippen molar-refractivity contribution in [3.8, 4) is 0 Å². The van der Waals surface area contributed by atoms with Crippen LogP contribution in [-0.2, 0) is 25.6 Å². The summed E-state index contributed by atoms with van der Waals surface area (Å²) in [7, 11) is 0. The average molecular weight is 406 g/mol. The first-order valence-electron chi connectivity index (χ1n) is 9.84. The Morgan fingerprint density at radius 2 is 1.83 bits per heavy atom. The molecule has 1 fully saturated rings. The fourth-order valence-corrected chi connectivity index (χ4v) is 2.96. The van der Waals surface area contributed by atoms with E-state index in [-0.39, 0.29) is 19.8 Å². The molecule has 0 aromatic heterocycles. The van der Waals surface area contributed by atoms with Gasteiger partial charge in [-0.15, -0.1) is 0 Å². The molecule has 1 aromatic carbocycles. The lowest BCUT2D eigenvalue weighted by atomic mass is 10.1. The summed E-state index contributed by atoms with van der Waals surface area (Å²) in [6, 6.07) is 7.70. The lowest BCUT2D eigenvalue weighted by molar-refractivity contribution is -0.149. The molecule has 1 aliphatic heterocycles. The van der Waals surface area contributed by atoms with E-state index in [1.807, 2.05) is 37.3 Å². The van der Waals surface area contributed by atoms with Crippen LogP contribution in [0.5, 0.6) is 0 Å². The van der Waals surface area contributed by atoms with E-state index in [9.17, 15) is 14.4 Å². The number of ether oxygens (including phenoxy) is 3. The maximum Gasteiger partial charge on any atom is 0.411 e. The minimum absolute atomic E-state index is 0.111. The topological polar surface area (TPSA) is 94.2 Å². The maximum absolute atomic E-state index is 12.6.